The molecular formula is C20H15F4N5O. The highest BCUT2D eigenvalue weighted by atomic mass is 19.4. The summed E-state index contributed by atoms with van der Waals surface area (Å²) in [4.78, 5) is 4.08. The van der Waals surface area contributed by atoms with Gasteiger partial charge in [-0.25, -0.2) is 8.91 Å². The lowest BCUT2D eigenvalue weighted by atomic mass is 9.99. The van der Waals surface area contributed by atoms with E-state index in [-0.39, 0.29) is 6.61 Å². The van der Waals surface area contributed by atoms with Crippen LogP contribution in [0.5, 0.6) is 0 Å². The van der Waals surface area contributed by atoms with Crippen molar-refractivity contribution in [2.24, 2.45) is 0 Å². The molecule has 0 aromatic carbocycles. The summed E-state index contributed by atoms with van der Waals surface area (Å²) >= 11 is 0. The monoisotopic (exact) mass is 417 g/mol. The molecule has 0 amide bonds. The Balaban J connectivity index is 1.71. The molecule has 5 heterocycles. The van der Waals surface area contributed by atoms with Crippen molar-refractivity contribution in [1.29, 1.82) is 0 Å². The summed E-state index contributed by atoms with van der Waals surface area (Å²) in [6.45, 7) is 0.240. The lowest BCUT2D eigenvalue weighted by Gasteiger charge is -2.36. The molecule has 1 unspecified atom stereocenters. The Morgan fingerprint density at radius 3 is 2.73 bits per heavy atom. The molecule has 6 nitrogen and oxygen atoms in total. The van der Waals surface area contributed by atoms with Crippen LogP contribution in [0.25, 0.3) is 28.0 Å². The molecule has 30 heavy (non-hydrogen) atoms. The van der Waals surface area contributed by atoms with E-state index >= 15 is 0 Å². The molecule has 4 aromatic rings. The minimum atomic E-state index is -4.55. The van der Waals surface area contributed by atoms with Gasteiger partial charge in [-0.05, 0) is 42.8 Å². The first kappa shape index (κ1) is 18.7. The first-order valence-corrected chi connectivity index (χ1v) is 9.11. The lowest BCUT2D eigenvalue weighted by molar-refractivity contribution is -0.287. The third kappa shape index (κ3) is 2.86. The fourth-order valence-electron chi connectivity index (χ4n) is 3.58. The predicted octanol–water partition coefficient (Wildman–Crippen LogP) is 4.25. The number of pyridine rings is 2. The highest BCUT2D eigenvalue weighted by molar-refractivity contribution is 5.83. The van der Waals surface area contributed by atoms with Crippen LogP contribution < -0.4 is 0 Å². The van der Waals surface area contributed by atoms with Crippen molar-refractivity contribution in [1.82, 2.24) is 24.4 Å². The van der Waals surface area contributed by atoms with Crippen molar-refractivity contribution < 1.29 is 22.3 Å². The summed E-state index contributed by atoms with van der Waals surface area (Å²) in [5, 5.41) is 8.59. The number of hydrogen-bond donors (Lipinski definition) is 0. The van der Waals surface area contributed by atoms with E-state index in [0.29, 0.717) is 22.6 Å². The molecule has 1 atom stereocenters. The van der Waals surface area contributed by atoms with Crippen LogP contribution in [-0.4, -0.2) is 36.2 Å². The van der Waals surface area contributed by atoms with Gasteiger partial charge < -0.3 is 4.74 Å². The molecule has 0 saturated carbocycles. The van der Waals surface area contributed by atoms with Gasteiger partial charge >= 0.3 is 6.18 Å². The van der Waals surface area contributed by atoms with Crippen LogP contribution in [0.15, 0.2) is 48.9 Å². The minimum absolute atomic E-state index is 0.274. The van der Waals surface area contributed by atoms with Crippen LogP contribution in [-0.2, 0) is 17.9 Å². The normalized spacial score (nSPS) is 19.2. The maximum Gasteiger partial charge on any atom is 0.419 e. The van der Waals surface area contributed by atoms with E-state index in [1.807, 2.05) is 12.1 Å². The smallest absolute Gasteiger partial charge is 0.358 e. The second kappa shape index (κ2) is 6.36. The van der Waals surface area contributed by atoms with Crippen LogP contribution in [0.1, 0.15) is 12.6 Å². The fourth-order valence-corrected chi connectivity index (χ4v) is 3.58. The Morgan fingerprint density at radius 1 is 1.17 bits per heavy atom. The van der Waals surface area contributed by atoms with Crippen LogP contribution >= 0.6 is 0 Å². The number of ether oxygens (including phenoxy) is 1. The highest BCUT2D eigenvalue weighted by Gasteiger charge is 2.55. The predicted molar refractivity (Wildman–Crippen MR) is 98.9 cm³/mol. The summed E-state index contributed by atoms with van der Waals surface area (Å²) in [6, 6.07) is 8.15. The van der Waals surface area contributed by atoms with Gasteiger partial charge in [-0.3, -0.25) is 9.67 Å². The first-order valence-electron chi connectivity index (χ1n) is 9.11. The van der Waals surface area contributed by atoms with E-state index in [1.54, 1.807) is 23.0 Å². The van der Waals surface area contributed by atoms with E-state index in [2.05, 4.69) is 15.2 Å². The van der Waals surface area contributed by atoms with Crippen LogP contribution in [0.2, 0.25) is 0 Å². The van der Waals surface area contributed by atoms with Crippen molar-refractivity contribution in [2.45, 2.75) is 31.9 Å². The maximum atomic E-state index is 13.5. The second-order valence-electron chi connectivity index (χ2n) is 7.32. The summed E-state index contributed by atoms with van der Waals surface area (Å²) in [5.74, 6) is -0.516. The third-order valence-electron chi connectivity index (χ3n) is 5.29. The average molecular weight is 417 g/mol. The minimum Gasteiger partial charge on any atom is -0.358 e. The maximum absolute atomic E-state index is 13.5. The molecule has 4 aromatic heterocycles. The Bertz CT molecular complexity index is 1240. The molecule has 1 aliphatic rings. The molecule has 1 aliphatic heterocycles. The second-order valence-corrected chi connectivity index (χ2v) is 7.32. The number of rotatable bonds is 2. The number of aromatic nitrogens is 5. The van der Waals surface area contributed by atoms with Gasteiger partial charge in [-0.1, -0.05) is 0 Å². The van der Waals surface area contributed by atoms with Gasteiger partial charge in [0.15, 0.2) is 5.60 Å². The summed E-state index contributed by atoms with van der Waals surface area (Å²) in [6.07, 6.45) is -0.109. The van der Waals surface area contributed by atoms with Crippen LogP contribution in [0.4, 0.5) is 17.6 Å². The fraction of sp³-hybridized carbons (Fsp3) is 0.250. The molecule has 154 valence electrons. The Hall–Kier alpha value is -3.27. The van der Waals surface area contributed by atoms with E-state index in [1.165, 1.54) is 16.8 Å². The first-order chi connectivity index (χ1) is 14.2. The van der Waals surface area contributed by atoms with Crippen LogP contribution in [0, 0.1) is 5.82 Å². The van der Waals surface area contributed by atoms with Crippen molar-refractivity contribution in [3.8, 4) is 22.5 Å². The van der Waals surface area contributed by atoms with Crippen molar-refractivity contribution in [3.63, 3.8) is 0 Å². The van der Waals surface area contributed by atoms with Gasteiger partial charge in [-0.15, -0.1) is 0 Å². The van der Waals surface area contributed by atoms with E-state index in [9.17, 15) is 17.6 Å². The van der Waals surface area contributed by atoms with E-state index in [4.69, 9.17) is 4.74 Å². The number of alkyl halides is 3. The molecule has 0 bridgehead atoms. The quantitative estimate of drug-likeness (QED) is 0.458. The molecular weight excluding hydrogens is 402 g/mol. The van der Waals surface area contributed by atoms with Gasteiger partial charge in [0.1, 0.15) is 11.5 Å². The van der Waals surface area contributed by atoms with E-state index < -0.39 is 24.1 Å². The lowest BCUT2D eigenvalue weighted by Crippen LogP contribution is -2.51. The third-order valence-corrected chi connectivity index (χ3v) is 5.29. The van der Waals surface area contributed by atoms with Crippen LogP contribution in [0.3, 0.4) is 0 Å². The zero-order valence-corrected chi connectivity index (χ0v) is 15.7. The molecule has 0 saturated heterocycles. The topological polar surface area (TPSA) is 57.2 Å². The summed E-state index contributed by atoms with van der Waals surface area (Å²) < 4.78 is 62.2. The molecule has 0 spiro atoms. The van der Waals surface area contributed by atoms with Gasteiger partial charge in [-0.2, -0.15) is 23.4 Å². The molecule has 0 aliphatic carbocycles. The molecule has 0 radical (unpaired) electrons. The summed E-state index contributed by atoms with van der Waals surface area (Å²) in [5.41, 5.74) is 1.00. The number of halogens is 4. The van der Waals surface area contributed by atoms with Crippen molar-refractivity contribution in [2.75, 3.05) is 0 Å². The highest BCUT2D eigenvalue weighted by Crippen LogP contribution is 2.42. The Kier molecular flexibility index (Phi) is 3.97. The van der Waals surface area contributed by atoms with Gasteiger partial charge in [0.2, 0.25) is 0 Å². The van der Waals surface area contributed by atoms with Gasteiger partial charge in [0, 0.05) is 18.0 Å². The van der Waals surface area contributed by atoms with Gasteiger partial charge in [0.05, 0.1) is 36.3 Å². The SMILES string of the molecule is CC1(C(F)(F)F)Cn2nc(-c3ccc(F)cn3)c(-c3ccn4nccc4c3)c2CO1. The van der Waals surface area contributed by atoms with Gasteiger partial charge in [0.25, 0.3) is 0 Å². The van der Waals surface area contributed by atoms with E-state index in [0.717, 1.165) is 24.2 Å². The zero-order valence-electron chi connectivity index (χ0n) is 15.7. The Morgan fingerprint density at radius 2 is 2.00 bits per heavy atom. The summed E-state index contributed by atoms with van der Waals surface area (Å²) in [7, 11) is 0. The number of fused-ring (bicyclic) bond motifs is 2. The number of nitrogens with zero attached hydrogens (tertiary/aromatic N) is 5. The molecule has 0 N–H and O–H groups in total. The average Bonchev–Trinajstić information content (AvgIpc) is 3.31. The van der Waals surface area contributed by atoms with Crippen molar-refractivity contribution in [3.05, 3.63) is 60.4 Å². The number of hydrogen-bond acceptors (Lipinski definition) is 4. The standard InChI is InChI=1S/C20H15F4N5O/c1-19(20(22,23)24)11-29-16(10-30-19)17(12-5-7-28-14(8-12)4-6-26-28)18(27-29)15-3-2-13(21)9-25-15/h2-9H,10-11H2,1H3. The zero-order chi connectivity index (χ0) is 21.1. The molecule has 10 heteroatoms. The molecule has 0 fully saturated rings. The molecule has 5 rings (SSSR count). The van der Waals surface area contributed by atoms with Crippen molar-refractivity contribution >= 4 is 5.52 Å². The Labute approximate surface area is 167 Å². The largest absolute Gasteiger partial charge is 0.419 e.